The number of carbonyl (C=O) groups excluding carboxylic acids is 1. The number of rotatable bonds is 5. The molecule has 0 radical (unpaired) electrons. The summed E-state index contributed by atoms with van der Waals surface area (Å²) in [6.45, 7) is 4.74. The smallest absolute Gasteiger partial charge is 0.338 e. The van der Waals surface area contributed by atoms with Crippen LogP contribution in [0.3, 0.4) is 0 Å². The predicted molar refractivity (Wildman–Crippen MR) is 82.5 cm³/mol. The lowest BCUT2D eigenvalue weighted by molar-refractivity contribution is 0.0528. The Kier molecular flexibility index (Phi) is 5.59. The molecule has 0 spiro atoms. The van der Waals surface area contributed by atoms with Gasteiger partial charge >= 0.3 is 5.97 Å². The molecule has 0 amide bonds. The van der Waals surface area contributed by atoms with Crippen LogP contribution in [0.25, 0.3) is 0 Å². The van der Waals surface area contributed by atoms with Crippen LogP contribution in [0.1, 0.15) is 29.8 Å². The van der Waals surface area contributed by atoms with Crippen molar-refractivity contribution in [1.29, 1.82) is 0 Å². The molecule has 0 aliphatic heterocycles. The highest BCUT2D eigenvalue weighted by Crippen LogP contribution is 2.23. The summed E-state index contributed by atoms with van der Waals surface area (Å²) < 4.78 is 28.9. The van der Waals surface area contributed by atoms with Gasteiger partial charge in [-0.1, -0.05) is 15.9 Å². The molecule has 0 atom stereocenters. The van der Waals surface area contributed by atoms with E-state index >= 15 is 0 Å². The van der Waals surface area contributed by atoms with Crippen molar-refractivity contribution in [2.24, 2.45) is 0 Å². The average Bonchev–Trinajstić information content (AvgIpc) is 2.33. The summed E-state index contributed by atoms with van der Waals surface area (Å²) in [4.78, 5) is 11.9. The number of carbonyl (C=O) groups is 1. The minimum absolute atomic E-state index is 0.162. The fourth-order valence-electron chi connectivity index (χ4n) is 1.48. The van der Waals surface area contributed by atoms with Gasteiger partial charge in [0, 0.05) is 10.2 Å². The number of nitrogens with two attached hydrogens (primary N) is 1. The van der Waals surface area contributed by atoms with Crippen LogP contribution in [-0.4, -0.2) is 32.0 Å². The Morgan fingerprint density at radius 1 is 1.40 bits per heavy atom. The topological polar surface area (TPSA) is 86.5 Å². The lowest BCUT2D eigenvalue weighted by atomic mass is 10.1. The monoisotopic (exact) mass is 363 g/mol. The third kappa shape index (κ3) is 4.21. The lowest BCUT2D eigenvalue weighted by Crippen LogP contribution is -2.22. The molecular formula is C13H18BrNO4S. The zero-order valence-electron chi connectivity index (χ0n) is 11.6. The molecule has 0 saturated heterocycles. The van der Waals surface area contributed by atoms with Crippen LogP contribution in [0.2, 0.25) is 0 Å². The van der Waals surface area contributed by atoms with Crippen molar-refractivity contribution in [1.82, 2.24) is 0 Å². The average molecular weight is 364 g/mol. The molecule has 0 saturated carbocycles. The molecule has 20 heavy (non-hydrogen) atoms. The zero-order valence-corrected chi connectivity index (χ0v) is 14.0. The molecule has 0 aromatic heterocycles. The maximum atomic E-state index is 11.9. The van der Waals surface area contributed by atoms with Crippen molar-refractivity contribution < 1.29 is 17.9 Å². The first kappa shape index (κ1) is 17.0. The largest absolute Gasteiger partial charge is 0.461 e. The van der Waals surface area contributed by atoms with Crippen molar-refractivity contribution >= 4 is 37.4 Å². The summed E-state index contributed by atoms with van der Waals surface area (Å²) in [6, 6.07) is 3.29. The Bertz CT molecular complexity index is 611. The SMILES string of the molecule is Cc1c(N)cc(Br)cc1C(=O)OCCS(=O)(=O)C(C)C. The quantitative estimate of drug-likeness (QED) is 0.640. The molecule has 0 fully saturated rings. The van der Waals surface area contributed by atoms with Gasteiger partial charge in [0.2, 0.25) is 0 Å². The minimum Gasteiger partial charge on any atom is -0.461 e. The number of esters is 1. The summed E-state index contributed by atoms with van der Waals surface area (Å²) in [5.74, 6) is -0.756. The van der Waals surface area contributed by atoms with Crippen LogP contribution in [0, 0.1) is 6.92 Å². The number of benzene rings is 1. The Morgan fingerprint density at radius 2 is 2.00 bits per heavy atom. The van der Waals surface area contributed by atoms with Crippen LogP contribution < -0.4 is 5.73 Å². The lowest BCUT2D eigenvalue weighted by Gasteiger charge is -2.11. The van der Waals surface area contributed by atoms with Crippen molar-refractivity contribution in [2.45, 2.75) is 26.0 Å². The van der Waals surface area contributed by atoms with Gasteiger partial charge in [-0.3, -0.25) is 0 Å². The van der Waals surface area contributed by atoms with Gasteiger partial charge in [0.25, 0.3) is 0 Å². The fraction of sp³-hybridized carbons (Fsp3) is 0.462. The predicted octanol–water partition coefficient (Wildman–Crippen LogP) is 2.32. The Hall–Kier alpha value is -1.08. The van der Waals surface area contributed by atoms with E-state index < -0.39 is 21.1 Å². The van der Waals surface area contributed by atoms with Crippen LogP contribution in [0.15, 0.2) is 16.6 Å². The Balaban J connectivity index is 2.74. The number of hydrogen-bond acceptors (Lipinski definition) is 5. The summed E-state index contributed by atoms with van der Waals surface area (Å²) in [5, 5.41) is -0.482. The third-order valence-electron chi connectivity index (χ3n) is 2.95. The number of anilines is 1. The van der Waals surface area contributed by atoms with Gasteiger partial charge in [-0.05, 0) is 38.5 Å². The van der Waals surface area contributed by atoms with E-state index in [-0.39, 0.29) is 12.4 Å². The van der Waals surface area contributed by atoms with Gasteiger partial charge in [0.1, 0.15) is 6.61 Å². The molecule has 5 nitrogen and oxygen atoms in total. The van der Waals surface area contributed by atoms with Crippen LogP contribution in [-0.2, 0) is 14.6 Å². The minimum atomic E-state index is -3.21. The van der Waals surface area contributed by atoms with Gasteiger partial charge in [-0.25, -0.2) is 13.2 Å². The van der Waals surface area contributed by atoms with E-state index in [9.17, 15) is 13.2 Å². The van der Waals surface area contributed by atoms with Crippen molar-refractivity contribution in [3.8, 4) is 0 Å². The molecule has 2 N–H and O–H groups in total. The zero-order chi connectivity index (χ0) is 15.5. The normalized spacial score (nSPS) is 11.7. The first-order valence-electron chi connectivity index (χ1n) is 6.09. The van der Waals surface area contributed by atoms with E-state index in [0.29, 0.717) is 21.3 Å². The molecule has 0 aliphatic carbocycles. The number of hydrogen-bond donors (Lipinski definition) is 1. The van der Waals surface area contributed by atoms with Gasteiger partial charge in [-0.2, -0.15) is 0 Å². The standard InChI is InChI=1S/C13H18BrNO4S/c1-8(2)20(17,18)5-4-19-13(16)11-6-10(14)7-12(15)9(11)3/h6-8H,4-5,15H2,1-3H3. The summed E-state index contributed by atoms with van der Waals surface area (Å²) in [7, 11) is -3.21. The van der Waals surface area contributed by atoms with Crippen LogP contribution in [0.4, 0.5) is 5.69 Å². The first-order chi connectivity index (χ1) is 9.15. The van der Waals surface area contributed by atoms with Gasteiger partial charge in [-0.15, -0.1) is 0 Å². The van der Waals surface area contributed by atoms with Crippen LogP contribution in [0.5, 0.6) is 0 Å². The Morgan fingerprint density at radius 3 is 2.55 bits per heavy atom. The molecule has 0 aliphatic rings. The molecule has 0 heterocycles. The highest BCUT2D eigenvalue weighted by molar-refractivity contribution is 9.10. The summed E-state index contributed by atoms with van der Waals surface area (Å²) >= 11 is 3.25. The number of nitrogen functional groups attached to an aromatic ring is 1. The highest BCUT2D eigenvalue weighted by atomic mass is 79.9. The summed E-state index contributed by atoms with van der Waals surface area (Å²) in [6.07, 6.45) is 0. The van der Waals surface area contributed by atoms with E-state index in [2.05, 4.69) is 15.9 Å². The van der Waals surface area contributed by atoms with E-state index in [1.807, 2.05) is 0 Å². The molecular weight excluding hydrogens is 346 g/mol. The Labute approximate surface area is 127 Å². The second kappa shape index (κ2) is 6.58. The van der Waals surface area contributed by atoms with Gasteiger partial charge in [0.05, 0.1) is 16.6 Å². The first-order valence-corrected chi connectivity index (χ1v) is 8.60. The van der Waals surface area contributed by atoms with Crippen molar-refractivity contribution in [3.63, 3.8) is 0 Å². The van der Waals surface area contributed by atoms with E-state index in [1.54, 1.807) is 32.9 Å². The van der Waals surface area contributed by atoms with Gasteiger partial charge < -0.3 is 10.5 Å². The molecule has 1 aromatic carbocycles. The maximum absolute atomic E-state index is 11.9. The van der Waals surface area contributed by atoms with E-state index in [4.69, 9.17) is 10.5 Å². The van der Waals surface area contributed by atoms with Gasteiger partial charge in [0.15, 0.2) is 9.84 Å². The number of halogens is 1. The molecule has 0 bridgehead atoms. The molecule has 1 rings (SSSR count). The second-order valence-electron chi connectivity index (χ2n) is 4.72. The van der Waals surface area contributed by atoms with E-state index in [1.165, 1.54) is 0 Å². The van der Waals surface area contributed by atoms with Crippen LogP contribution >= 0.6 is 15.9 Å². The van der Waals surface area contributed by atoms with Crippen molar-refractivity contribution in [2.75, 3.05) is 18.1 Å². The third-order valence-corrected chi connectivity index (χ3v) is 5.58. The fourth-order valence-corrected chi connectivity index (χ4v) is 2.74. The number of sulfone groups is 1. The maximum Gasteiger partial charge on any atom is 0.338 e. The molecule has 0 unspecified atom stereocenters. The highest BCUT2D eigenvalue weighted by Gasteiger charge is 2.18. The molecule has 1 aromatic rings. The van der Waals surface area contributed by atoms with E-state index in [0.717, 1.165) is 0 Å². The molecule has 112 valence electrons. The second-order valence-corrected chi connectivity index (χ2v) is 8.31. The van der Waals surface area contributed by atoms with Crippen molar-refractivity contribution in [3.05, 3.63) is 27.7 Å². The summed E-state index contributed by atoms with van der Waals surface area (Å²) in [5.41, 5.74) is 7.18. The number of ether oxygens (including phenoxy) is 1. The molecule has 7 heteroatoms.